The molecule has 0 aliphatic heterocycles. The molecule has 2 aromatic rings. The number of ketones is 1. The van der Waals surface area contributed by atoms with E-state index in [9.17, 15) is 9.59 Å². The average molecular weight is 331 g/mol. The predicted octanol–water partition coefficient (Wildman–Crippen LogP) is 4.11. The van der Waals surface area contributed by atoms with Crippen molar-refractivity contribution in [2.75, 3.05) is 6.26 Å². The van der Waals surface area contributed by atoms with Crippen molar-refractivity contribution >= 4 is 35.2 Å². The number of hydrogen-bond donors (Lipinski definition) is 0. The van der Waals surface area contributed by atoms with Crippen LogP contribution in [0.4, 0.5) is 0 Å². The number of aromatic nitrogens is 1. The zero-order valence-electron chi connectivity index (χ0n) is 12.8. The first-order valence-corrected chi connectivity index (χ1v) is 9.13. The maximum atomic E-state index is 12.8. The summed E-state index contributed by atoms with van der Waals surface area (Å²) in [4.78, 5) is 29.6. The van der Waals surface area contributed by atoms with E-state index in [1.165, 1.54) is 0 Å². The highest BCUT2D eigenvalue weighted by Crippen LogP contribution is 2.49. The molecule has 1 aliphatic rings. The lowest BCUT2D eigenvalue weighted by atomic mass is 9.67. The molecule has 0 radical (unpaired) electrons. The molecule has 0 aromatic carbocycles. The molecule has 0 saturated carbocycles. The SMILES string of the molecule is CSc1sc(-c2cccnc2)c2c1C(=O)C(C=O)C(C)(C)C2. The number of carbonyl (C=O) groups excluding carboxylic acids is 2. The molecule has 0 fully saturated rings. The largest absolute Gasteiger partial charge is 0.303 e. The van der Waals surface area contributed by atoms with Crippen molar-refractivity contribution in [2.24, 2.45) is 11.3 Å². The summed E-state index contributed by atoms with van der Waals surface area (Å²) in [5, 5.41) is 0. The molecule has 5 heteroatoms. The summed E-state index contributed by atoms with van der Waals surface area (Å²) in [6, 6.07) is 3.93. The number of carbonyl (C=O) groups is 2. The lowest BCUT2D eigenvalue weighted by molar-refractivity contribution is -0.112. The second kappa shape index (κ2) is 5.63. The van der Waals surface area contributed by atoms with E-state index < -0.39 is 5.92 Å². The molecule has 0 saturated heterocycles. The lowest BCUT2D eigenvalue weighted by Gasteiger charge is -2.34. The average Bonchev–Trinajstić information content (AvgIpc) is 2.86. The minimum atomic E-state index is -0.553. The maximum absolute atomic E-state index is 12.8. The van der Waals surface area contributed by atoms with Gasteiger partial charge in [-0.3, -0.25) is 9.78 Å². The monoisotopic (exact) mass is 331 g/mol. The number of aldehydes is 1. The van der Waals surface area contributed by atoms with Gasteiger partial charge in [-0.15, -0.1) is 23.1 Å². The van der Waals surface area contributed by atoms with Gasteiger partial charge in [0.05, 0.1) is 10.1 Å². The standard InChI is InChI=1S/C17H17NO2S2/c1-17(2)7-11-13(14(20)12(17)9-19)16(21-3)22-15(11)10-5-4-6-18-8-10/h4-6,8-9,12H,7H2,1-3H3. The lowest BCUT2D eigenvalue weighted by Crippen LogP contribution is -2.38. The summed E-state index contributed by atoms with van der Waals surface area (Å²) in [5.41, 5.74) is 2.53. The van der Waals surface area contributed by atoms with Crippen molar-refractivity contribution < 1.29 is 9.59 Å². The summed E-state index contributed by atoms with van der Waals surface area (Å²) in [6.45, 7) is 3.99. The maximum Gasteiger partial charge on any atom is 0.175 e. The van der Waals surface area contributed by atoms with Gasteiger partial charge >= 0.3 is 0 Å². The van der Waals surface area contributed by atoms with E-state index in [0.717, 1.165) is 38.5 Å². The Labute approximate surface area is 138 Å². The Morgan fingerprint density at radius 2 is 2.23 bits per heavy atom. The number of Topliss-reactive ketones (excluding diaryl/α,β-unsaturated/α-hetero) is 1. The number of fused-ring (bicyclic) bond motifs is 1. The van der Waals surface area contributed by atoms with Gasteiger partial charge in [-0.2, -0.15) is 0 Å². The van der Waals surface area contributed by atoms with Crippen LogP contribution in [0.1, 0.15) is 29.8 Å². The number of hydrogen-bond acceptors (Lipinski definition) is 5. The normalized spacial score (nSPS) is 19.8. The van der Waals surface area contributed by atoms with Gasteiger partial charge in [0.2, 0.25) is 0 Å². The van der Waals surface area contributed by atoms with Crippen LogP contribution in [0.2, 0.25) is 0 Å². The smallest absolute Gasteiger partial charge is 0.175 e. The molecular weight excluding hydrogens is 314 g/mol. The Morgan fingerprint density at radius 1 is 1.45 bits per heavy atom. The van der Waals surface area contributed by atoms with Gasteiger partial charge in [0.15, 0.2) is 5.78 Å². The van der Waals surface area contributed by atoms with Gasteiger partial charge < -0.3 is 4.79 Å². The Morgan fingerprint density at radius 3 is 2.82 bits per heavy atom. The molecule has 0 amide bonds. The fourth-order valence-corrected chi connectivity index (χ4v) is 5.11. The Kier molecular flexibility index (Phi) is 3.95. The van der Waals surface area contributed by atoms with Crippen LogP contribution < -0.4 is 0 Å². The second-order valence-electron chi connectivity index (χ2n) is 6.16. The third-order valence-electron chi connectivity index (χ3n) is 4.22. The molecule has 1 unspecified atom stereocenters. The fourth-order valence-electron chi connectivity index (χ4n) is 3.06. The highest BCUT2D eigenvalue weighted by Gasteiger charge is 2.44. The van der Waals surface area contributed by atoms with E-state index in [1.807, 2.05) is 38.4 Å². The van der Waals surface area contributed by atoms with Gasteiger partial charge in [0.25, 0.3) is 0 Å². The zero-order chi connectivity index (χ0) is 15.9. The van der Waals surface area contributed by atoms with Crippen LogP contribution in [-0.2, 0) is 11.2 Å². The summed E-state index contributed by atoms with van der Waals surface area (Å²) in [5.74, 6) is -0.584. The van der Waals surface area contributed by atoms with E-state index in [2.05, 4.69) is 4.98 Å². The van der Waals surface area contributed by atoms with Crippen molar-refractivity contribution in [1.82, 2.24) is 4.98 Å². The molecule has 0 N–H and O–H groups in total. The highest BCUT2D eigenvalue weighted by molar-refractivity contribution is 8.00. The quantitative estimate of drug-likeness (QED) is 0.482. The molecule has 3 rings (SSSR count). The molecule has 0 bridgehead atoms. The fraction of sp³-hybridized carbons (Fsp3) is 0.353. The van der Waals surface area contributed by atoms with Crippen LogP contribution in [0.15, 0.2) is 28.7 Å². The number of nitrogens with zero attached hydrogens (tertiary/aromatic N) is 1. The minimum Gasteiger partial charge on any atom is -0.303 e. The van der Waals surface area contributed by atoms with Crippen LogP contribution in [-0.4, -0.2) is 23.3 Å². The van der Waals surface area contributed by atoms with E-state index >= 15 is 0 Å². The molecule has 1 aliphatic carbocycles. The van der Waals surface area contributed by atoms with Crippen LogP contribution in [0.3, 0.4) is 0 Å². The Balaban J connectivity index is 2.23. The summed E-state index contributed by atoms with van der Waals surface area (Å²) in [6.07, 6.45) is 7.10. The third kappa shape index (κ3) is 2.32. The van der Waals surface area contributed by atoms with Crippen molar-refractivity contribution in [1.29, 1.82) is 0 Å². The third-order valence-corrected chi connectivity index (χ3v) is 6.62. The van der Waals surface area contributed by atoms with Crippen LogP contribution in [0.25, 0.3) is 10.4 Å². The molecule has 2 aromatic heterocycles. The van der Waals surface area contributed by atoms with Gasteiger partial charge in [-0.25, -0.2) is 0 Å². The minimum absolute atomic E-state index is 0.0306. The van der Waals surface area contributed by atoms with Gasteiger partial charge in [-0.05, 0) is 29.7 Å². The molecular formula is C17H17NO2S2. The van der Waals surface area contributed by atoms with Crippen molar-refractivity contribution in [2.45, 2.75) is 24.5 Å². The molecule has 114 valence electrons. The van der Waals surface area contributed by atoms with E-state index in [1.54, 1.807) is 29.3 Å². The second-order valence-corrected chi connectivity index (χ2v) is 8.26. The van der Waals surface area contributed by atoms with Crippen LogP contribution in [0, 0.1) is 11.3 Å². The van der Waals surface area contributed by atoms with Crippen molar-refractivity contribution in [3.8, 4) is 10.4 Å². The van der Waals surface area contributed by atoms with E-state index in [-0.39, 0.29) is 11.2 Å². The Bertz CT molecular complexity index is 735. The summed E-state index contributed by atoms with van der Waals surface area (Å²) in [7, 11) is 0. The number of rotatable bonds is 3. The topological polar surface area (TPSA) is 47.0 Å². The van der Waals surface area contributed by atoms with Crippen molar-refractivity contribution in [3.05, 3.63) is 35.7 Å². The van der Waals surface area contributed by atoms with Gasteiger partial charge in [0.1, 0.15) is 6.29 Å². The number of thioether (sulfide) groups is 1. The van der Waals surface area contributed by atoms with Crippen LogP contribution in [0.5, 0.6) is 0 Å². The van der Waals surface area contributed by atoms with E-state index in [4.69, 9.17) is 0 Å². The highest BCUT2D eigenvalue weighted by atomic mass is 32.2. The van der Waals surface area contributed by atoms with Crippen LogP contribution >= 0.6 is 23.1 Å². The molecule has 1 atom stereocenters. The molecule has 2 heterocycles. The van der Waals surface area contributed by atoms with Crippen molar-refractivity contribution in [3.63, 3.8) is 0 Å². The Hall–Kier alpha value is -1.46. The molecule has 3 nitrogen and oxygen atoms in total. The molecule has 22 heavy (non-hydrogen) atoms. The molecule has 0 spiro atoms. The first kappa shape index (κ1) is 15.4. The van der Waals surface area contributed by atoms with E-state index in [0.29, 0.717) is 0 Å². The first-order valence-electron chi connectivity index (χ1n) is 7.09. The van der Waals surface area contributed by atoms with Gasteiger partial charge in [0, 0.05) is 28.4 Å². The zero-order valence-corrected chi connectivity index (χ0v) is 14.4. The summed E-state index contributed by atoms with van der Waals surface area (Å²) < 4.78 is 1.00. The first-order chi connectivity index (χ1) is 10.5. The summed E-state index contributed by atoms with van der Waals surface area (Å²) >= 11 is 3.21. The number of pyridine rings is 1. The predicted molar refractivity (Wildman–Crippen MR) is 90.7 cm³/mol. The number of thiophene rings is 1. The van der Waals surface area contributed by atoms with Gasteiger partial charge in [-0.1, -0.05) is 19.9 Å².